The fourth-order valence-corrected chi connectivity index (χ4v) is 1.49. The quantitative estimate of drug-likeness (QED) is 0.609. The van der Waals surface area contributed by atoms with Crippen LogP contribution < -0.4 is 10.6 Å². The lowest BCUT2D eigenvalue weighted by Crippen LogP contribution is -2.38. The number of nitrogens with zero attached hydrogens (tertiary/aromatic N) is 1. The van der Waals surface area contributed by atoms with Crippen LogP contribution in [0.3, 0.4) is 0 Å². The van der Waals surface area contributed by atoms with Gasteiger partial charge in [0.05, 0.1) is 11.5 Å². The molecule has 0 heterocycles. The van der Waals surface area contributed by atoms with Crippen LogP contribution in [0.1, 0.15) is 24.2 Å². The van der Waals surface area contributed by atoms with Gasteiger partial charge in [-0.3, -0.25) is 19.7 Å². The lowest BCUT2D eigenvalue weighted by molar-refractivity contribution is -0.385. The predicted molar refractivity (Wildman–Crippen MR) is 73.2 cm³/mol. The van der Waals surface area contributed by atoms with E-state index in [0.29, 0.717) is 6.54 Å². The van der Waals surface area contributed by atoms with Crippen LogP contribution in [0.25, 0.3) is 0 Å². The van der Waals surface area contributed by atoms with Crippen molar-refractivity contribution in [1.29, 1.82) is 0 Å². The van der Waals surface area contributed by atoms with E-state index in [2.05, 4.69) is 10.6 Å². The Labute approximate surface area is 120 Å². The molecule has 0 aliphatic carbocycles. The van der Waals surface area contributed by atoms with Gasteiger partial charge < -0.3 is 10.6 Å². The summed E-state index contributed by atoms with van der Waals surface area (Å²) in [4.78, 5) is 33.2. The monoisotopic (exact) mass is 297 g/mol. The van der Waals surface area contributed by atoms with E-state index in [4.69, 9.17) is 0 Å². The molecule has 0 aliphatic heterocycles. The lowest BCUT2D eigenvalue weighted by atomic mass is 10.1. The number of nitro groups is 1. The topological polar surface area (TPSA) is 101 Å². The van der Waals surface area contributed by atoms with E-state index >= 15 is 0 Å². The number of hydrogen-bond donors (Lipinski definition) is 2. The predicted octanol–water partition coefficient (Wildman–Crippen LogP) is 1.24. The second-order valence-electron chi connectivity index (χ2n) is 4.80. The molecule has 0 atom stereocenters. The van der Waals surface area contributed by atoms with Crippen LogP contribution in [0.2, 0.25) is 0 Å². The minimum absolute atomic E-state index is 0.258. The van der Waals surface area contributed by atoms with Gasteiger partial charge in [-0.1, -0.05) is 13.8 Å². The number of carbonyl (C=O) groups excluding carboxylic acids is 2. The molecule has 0 bridgehead atoms. The van der Waals surface area contributed by atoms with Crippen LogP contribution in [-0.2, 0) is 4.79 Å². The maximum Gasteiger partial charge on any atom is 0.282 e. The minimum Gasteiger partial charge on any atom is -0.354 e. The van der Waals surface area contributed by atoms with Gasteiger partial charge in [-0.2, -0.15) is 0 Å². The smallest absolute Gasteiger partial charge is 0.282 e. The molecule has 114 valence electrons. The first kappa shape index (κ1) is 16.5. The van der Waals surface area contributed by atoms with Crippen molar-refractivity contribution in [2.24, 2.45) is 5.92 Å². The standard InChI is InChI=1S/C13H16FN3O4/c1-8(2)6-15-12(18)7-16-13(19)10-5-9(14)3-4-11(10)17(20)21/h3-5,8H,6-7H2,1-2H3,(H,15,18)(H,16,19). The second-order valence-corrected chi connectivity index (χ2v) is 4.80. The lowest BCUT2D eigenvalue weighted by Gasteiger charge is -2.09. The van der Waals surface area contributed by atoms with E-state index < -0.39 is 33.8 Å². The molecule has 7 nitrogen and oxygen atoms in total. The molecular weight excluding hydrogens is 281 g/mol. The first-order valence-corrected chi connectivity index (χ1v) is 6.30. The molecule has 1 aromatic rings. The Hall–Kier alpha value is -2.51. The van der Waals surface area contributed by atoms with E-state index in [9.17, 15) is 24.1 Å². The van der Waals surface area contributed by atoms with E-state index in [1.54, 1.807) is 0 Å². The molecule has 0 saturated heterocycles. The summed E-state index contributed by atoms with van der Waals surface area (Å²) in [7, 11) is 0. The van der Waals surface area contributed by atoms with E-state index in [0.717, 1.165) is 18.2 Å². The zero-order valence-electron chi connectivity index (χ0n) is 11.7. The third kappa shape index (κ3) is 5.17. The average Bonchev–Trinajstić information content (AvgIpc) is 2.41. The van der Waals surface area contributed by atoms with Crippen LogP contribution in [0.5, 0.6) is 0 Å². The molecule has 0 spiro atoms. The van der Waals surface area contributed by atoms with Gasteiger partial charge in [0.2, 0.25) is 5.91 Å². The highest BCUT2D eigenvalue weighted by atomic mass is 19.1. The number of hydrogen-bond acceptors (Lipinski definition) is 4. The molecule has 0 aromatic heterocycles. The largest absolute Gasteiger partial charge is 0.354 e. The fourth-order valence-electron chi connectivity index (χ4n) is 1.49. The average molecular weight is 297 g/mol. The molecule has 2 amide bonds. The number of nitro benzene ring substituents is 1. The first-order chi connectivity index (χ1) is 9.81. The summed E-state index contributed by atoms with van der Waals surface area (Å²) in [5.74, 6) is -1.80. The van der Waals surface area contributed by atoms with Crippen LogP contribution in [-0.4, -0.2) is 29.8 Å². The normalized spacial score (nSPS) is 10.3. The van der Waals surface area contributed by atoms with Crippen LogP contribution >= 0.6 is 0 Å². The molecule has 0 saturated carbocycles. The number of halogens is 1. The second kappa shape index (κ2) is 7.32. The first-order valence-electron chi connectivity index (χ1n) is 6.30. The summed E-state index contributed by atoms with van der Waals surface area (Å²) < 4.78 is 13.1. The number of carbonyl (C=O) groups is 2. The van der Waals surface area contributed by atoms with Crippen molar-refractivity contribution in [3.63, 3.8) is 0 Å². The van der Waals surface area contributed by atoms with Crippen LogP contribution in [0, 0.1) is 21.8 Å². The Kier molecular flexibility index (Phi) is 5.77. The van der Waals surface area contributed by atoms with Crippen molar-refractivity contribution >= 4 is 17.5 Å². The maximum atomic E-state index is 13.1. The van der Waals surface area contributed by atoms with Gasteiger partial charge in [0.1, 0.15) is 11.4 Å². The van der Waals surface area contributed by atoms with Gasteiger partial charge in [0.15, 0.2) is 0 Å². The van der Waals surface area contributed by atoms with Gasteiger partial charge in [-0.15, -0.1) is 0 Å². The Morgan fingerprint density at radius 2 is 2.00 bits per heavy atom. The van der Waals surface area contributed by atoms with Gasteiger partial charge in [0.25, 0.3) is 11.6 Å². The number of nitrogens with one attached hydrogen (secondary N) is 2. The summed E-state index contributed by atoms with van der Waals surface area (Å²) in [6.45, 7) is 3.94. The third-order valence-electron chi connectivity index (χ3n) is 2.52. The van der Waals surface area contributed by atoms with Gasteiger partial charge in [0, 0.05) is 12.6 Å². The molecule has 8 heteroatoms. The number of rotatable bonds is 6. The molecule has 1 rings (SSSR count). The van der Waals surface area contributed by atoms with E-state index in [1.165, 1.54) is 0 Å². The zero-order valence-corrected chi connectivity index (χ0v) is 11.7. The van der Waals surface area contributed by atoms with Gasteiger partial charge >= 0.3 is 0 Å². The zero-order chi connectivity index (χ0) is 16.0. The Morgan fingerprint density at radius 3 is 2.57 bits per heavy atom. The molecule has 1 aromatic carbocycles. The maximum absolute atomic E-state index is 13.1. The highest BCUT2D eigenvalue weighted by Gasteiger charge is 2.21. The summed E-state index contributed by atoms with van der Waals surface area (Å²) in [6.07, 6.45) is 0. The summed E-state index contributed by atoms with van der Waals surface area (Å²) in [5, 5.41) is 15.6. The van der Waals surface area contributed by atoms with Gasteiger partial charge in [-0.25, -0.2) is 4.39 Å². The van der Waals surface area contributed by atoms with E-state index in [-0.39, 0.29) is 12.5 Å². The SMILES string of the molecule is CC(C)CNC(=O)CNC(=O)c1cc(F)ccc1[N+](=O)[O-]. The van der Waals surface area contributed by atoms with Crippen LogP contribution in [0.15, 0.2) is 18.2 Å². The molecule has 21 heavy (non-hydrogen) atoms. The molecular formula is C13H16FN3O4. The summed E-state index contributed by atoms with van der Waals surface area (Å²) >= 11 is 0. The van der Waals surface area contributed by atoms with Crippen molar-refractivity contribution in [3.05, 3.63) is 39.7 Å². The highest BCUT2D eigenvalue weighted by Crippen LogP contribution is 2.19. The molecule has 0 fully saturated rings. The summed E-state index contributed by atoms with van der Waals surface area (Å²) in [6, 6.07) is 2.56. The molecule has 0 radical (unpaired) electrons. The van der Waals surface area contributed by atoms with Crippen molar-refractivity contribution in [2.45, 2.75) is 13.8 Å². The number of amides is 2. The van der Waals surface area contributed by atoms with Crippen molar-refractivity contribution in [2.75, 3.05) is 13.1 Å². The van der Waals surface area contributed by atoms with Crippen molar-refractivity contribution < 1.29 is 18.9 Å². The molecule has 2 N–H and O–H groups in total. The van der Waals surface area contributed by atoms with Gasteiger partial charge in [-0.05, 0) is 18.1 Å². The fraction of sp³-hybridized carbons (Fsp3) is 0.385. The van der Waals surface area contributed by atoms with E-state index in [1.807, 2.05) is 13.8 Å². The number of benzene rings is 1. The van der Waals surface area contributed by atoms with Crippen molar-refractivity contribution in [3.8, 4) is 0 Å². The molecule has 0 aliphatic rings. The minimum atomic E-state index is -0.874. The third-order valence-corrected chi connectivity index (χ3v) is 2.52. The Balaban J connectivity index is 2.70. The van der Waals surface area contributed by atoms with Crippen molar-refractivity contribution in [1.82, 2.24) is 10.6 Å². The highest BCUT2D eigenvalue weighted by molar-refractivity contribution is 5.99. The van der Waals surface area contributed by atoms with Crippen LogP contribution in [0.4, 0.5) is 10.1 Å². The Morgan fingerprint density at radius 1 is 1.33 bits per heavy atom. The summed E-state index contributed by atoms with van der Waals surface area (Å²) in [5.41, 5.74) is -0.937. The Bertz CT molecular complexity index is 560. The molecule has 0 unspecified atom stereocenters.